The SMILES string of the molecule is COc1ccc(C(=O)c2ccc(C(=O)c3ccc(C(C)(C)C)cc3)cc2)cc1. The Morgan fingerprint density at radius 1 is 0.607 bits per heavy atom. The summed E-state index contributed by atoms with van der Waals surface area (Å²) in [5.74, 6) is 0.565. The van der Waals surface area contributed by atoms with Gasteiger partial charge in [-0.1, -0.05) is 69.3 Å². The summed E-state index contributed by atoms with van der Waals surface area (Å²) in [5, 5.41) is 0. The van der Waals surface area contributed by atoms with E-state index in [0.717, 1.165) is 0 Å². The van der Waals surface area contributed by atoms with E-state index in [4.69, 9.17) is 4.74 Å². The number of ketones is 2. The van der Waals surface area contributed by atoms with Crippen LogP contribution >= 0.6 is 0 Å². The van der Waals surface area contributed by atoms with Crippen LogP contribution in [0.4, 0.5) is 0 Å². The van der Waals surface area contributed by atoms with Crippen LogP contribution in [0, 0.1) is 0 Å². The molecule has 0 spiro atoms. The molecule has 0 N–H and O–H groups in total. The van der Waals surface area contributed by atoms with Gasteiger partial charge in [0.25, 0.3) is 0 Å². The van der Waals surface area contributed by atoms with Crippen LogP contribution in [-0.2, 0) is 5.41 Å². The lowest BCUT2D eigenvalue weighted by molar-refractivity contribution is 0.102. The van der Waals surface area contributed by atoms with E-state index < -0.39 is 0 Å². The number of carbonyl (C=O) groups excluding carboxylic acids is 2. The summed E-state index contributed by atoms with van der Waals surface area (Å²) in [6, 6.07) is 21.5. The van der Waals surface area contributed by atoms with Gasteiger partial charge in [0.15, 0.2) is 11.6 Å². The molecule has 0 aromatic heterocycles. The molecule has 0 fully saturated rings. The molecular weight excluding hydrogens is 348 g/mol. The average Bonchev–Trinajstić information content (AvgIpc) is 2.72. The van der Waals surface area contributed by atoms with Crippen molar-refractivity contribution in [3.05, 3.63) is 101 Å². The molecule has 0 unspecified atom stereocenters. The van der Waals surface area contributed by atoms with Gasteiger partial charge >= 0.3 is 0 Å². The van der Waals surface area contributed by atoms with E-state index >= 15 is 0 Å². The van der Waals surface area contributed by atoms with E-state index in [9.17, 15) is 9.59 Å². The molecule has 3 aromatic carbocycles. The number of carbonyl (C=O) groups is 2. The molecule has 0 radical (unpaired) electrons. The van der Waals surface area contributed by atoms with Gasteiger partial charge in [0.2, 0.25) is 0 Å². The van der Waals surface area contributed by atoms with Crippen LogP contribution in [0.1, 0.15) is 58.2 Å². The first-order chi connectivity index (χ1) is 13.3. The lowest BCUT2D eigenvalue weighted by Gasteiger charge is -2.19. The van der Waals surface area contributed by atoms with Gasteiger partial charge in [-0.15, -0.1) is 0 Å². The van der Waals surface area contributed by atoms with Crippen LogP contribution in [0.25, 0.3) is 0 Å². The summed E-state index contributed by atoms with van der Waals surface area (Å²) in [4.78, 5) is 25.3. The highest BCUT2D eigenvalue weighted by molar-refractivity contribution is 6.11. The molecular formula is C25H24O3. The van der Waals surface area contributed by atoms with Gasteiger partial charge in [0.1, 0.15) is 5.75 Å². The molecule has 0 aliphatic heterocycles. The second-order valence-corrected chi connectivity index (χ2v) is 7.79. The third-order valence-electron chi connectivity index (χ3n) is 4.77. The normalized spacial score (nSPS) is 11.1. The number of methoxy groups -OCH3 is 1. The van der Waals surface area contributed by atoms with E-state index in [0.29, 0.717) is 28.0 Å². The van der Waals surface area contributed by atoms with Gasteiger partial charge < -0.3 is 4.74 Å². The zero-order valence-electron chi connectivity index (χ0n) is 16.7. The standard InChI is InChI=1S/C25H24O3/c1-25(2,3)21-13-9-19(10-14-21)23(26)17-5-7-18(8-6-17)24(27)20-11-15-22(28-4)16-12-20/h5-16H,1-4H3. The molecule has 0 bridgehead atoms. The maximum absolute atomic E-state index is 12.7. The van der Waals surface area contributed by atoms with Gasteiger partial charge in [0, 0.05) is 22.3 Å². The molecule has 0 heterocycles. The van der Waals surface area contributed by atoms with Crippen molar-refractivity contribution in [2.24, 2.45) is 0 Å². The van der Waals surface area contributed by atoms with Crippen molar-refractivity contribution in [3.8, 4) is 5.75 Å². The molecule has 142 valence electrons. The predicted molar refractivity (Wildman–Crippen MR) is 111 cm³/mol. The Balaban J connectivity index is 1.77. The Hall–Kier alpha value is -3.20. The zero-order chi connectivity index (χ0) is 20.3. The fourth-order valence-electron chi connectivity index (χ4n) is 2.97. The fraction of sp³-hybridized carbons (Fsp3) is 0.200. The number of hydrogen-bond donors (Lipinski definition) is 0. The first-order valence-electron chi connectivity index (χ1n) is 9.23. The van der Waals surface area contributed by atoms with Crippen molar-refractivity contribution in [1.82, 2.24) is 0 Å². The Kier molecular flexibility index (Phi) is 5.46. The molecule has 28 heavy (non-hydrogen) atoms. The number of benzene rings is 3. The number of ether oxygens (including phenoxy) is 1. The van der Waals surface area contributed by atoms with Gasteiger partial charge in [-0.2, -0.15) is 0 Å². The van der Waals surface area contributed by atoms with Crippen LogP contribution in [0.2, 0.25) is 0 Å². The van der Waals surface area contributed by atoms with Crippen LogP contribution in [0.5, 0.6) is 5.75 Å². The van der Waals surface area contributed by atoms with Crippen molar-refractivity contribution >= 4 is 11.6 Å². The largest absolute Gasteiger partial charge is 0.497 e. The third kappa shape index (κ3) is 4.20. The molecule has 0 atom stereocenters. The van der Waals surface area contributed by atoms with E-state index in [1.54, 1.807) is 55.6 Å². The summed E-state index contributed by atoms with van der Waals surface area (Å²) in [7, 11) is 1.59. The first-order valence-corrected chi connectivity index (χ1v) is 9.23. The Morgan fingerprint density at radius 3 is 1.25 bits per heavy atom. The summed E-state index contributed by atoms with van der Waals surface area (Å²) in [6.07, 6.45) is 0. The van der Waals surface area contributed by atoms with E-state index in [1.807, 2.05) is 24.3 Å². The Morgan fingerprint density at radius 2 is 0.929 bits per heavy atom. The average molecular weight is 372 g/mol. The lowest BCUT2D eigenvalue weighted by Crippen LogP contribution is -2.11. The van der Waals surface area contributed by atoms with Crippen LogP contribution in [0.15, 0.2) is 72.8 Å². The number of hydrogen-bond acceptors (Lipinski definition) is 3. The van der Waals surface area contributed by atoms with Gasteiger partial charge in [-0.3, -0.25) is 9.59 Å². The van der Waals surface area contributed by atoms with Crippen molar-refractivity contribution < 1.29 is 14.3 Å². The fourth-order valence-corrected chi connectivity index (χ4v) is 2.97. The molecule has 0 saturated carbocycles. The van der Waals surface area contributed by atoms with Crippen LogP contribution < -0.4 is 4.74 Å². The molecule has 3 nitrogen and oxygen atoms in total. The van der Waals surface area contributed by atoms with E-state index in [2.05, 4.69) is 20.8 Å². The van der Waals surface area contributed by atoms with Crippen molar-refractivity contribution in [1.29, 1.82) is 0 Å². The highest BCUT2D eigenvalue weighted by Crippen LogP contribution is 2.23. The third-order valence-corrected chi connectivity index (χ3v) is 4.77. The first kappa shape index (κ1) is 19.6. The summed E-state index contributed by atoms with van der Waals surface area (Å²) in [5.41, 5.74) is 3.56. The molecule has 3 aromatic rings. The van der Waals surface area contributed by atoms with Gasteiger partial charge in [0.05, 0.1) is 7.11 Å². The van der Waals surface area contributed by atoms with Gasteiger partial charge in [-0.05, 0) is 35.2 Å². The van der Waals surface area contributed by atoms with Gasteiger partial charge in [-0.25, -0.2) is 0 Å². The molecule has 0 aliphatic rings. The molecule has 0 amide bonds. The second kappa shape index (κ2) is 7.81. The Labute approximate surface area is 166 Å². The van der Waals surface area contributed by atoms with Crippen molar-refractivity contribution in [2.75, 3.05) is 7.11 Å². The molecule has 0 aliphatic carbocycles. The summed E-state index contributed by atoms with van der Waals surface area (Å²) >= 11 is 0. The molecule has 3 heteroatoms. The highest BCUT2D eigenvalue weighted by atomic mass is 16.5. The van der Waals surface area contributed by atoms with Crippen molar-refractivity contribution in [3.63, 3.8) is 0 Å². The van der Waals surface area contributed by atoms with Crippen LogP contribution in [-0.4, -0.2) is 18.7 Å². The molecule has 0 saturated heterocycles. The quantitative estimate of drug-likeness (QED) is 0.559. The maximum Gasteiger partial charge on any atom is 0.193 e. The maximum atomic E-state index is 12.7. The summed E-state index contributed by atoms with van der Waals surface area (Å²) < 4.78 is 5.12. The van der Waals surface area contributed by atoms with Crippen molar-refractivity contribution in [2.45, 2.75) is 26.2 Å². The smallest absolute Gasteiger partial charge is 0.193 e. The van der Waals surface area contributed by atoms with E-state index in [-0.39, 0.29) is 17.0 Å². The summed E-state index contributed by atoms with van der Waals surface area (Å²) in [6.45, 7) is 6.42. The minimum atomic E-state index is -0.0869. The van der Waals surface area contributed by atoms with E-state index in [1.165, 1.54) is 5.56 Å². The minimum absolute atomic E-state index is 0.0467. The minimum Gasteiger partial charge on any atom is -0.497 e. The zero-order valence-corrected chi connectivity index (χ0v) is 16.7. The second-order valence-electron chi connectivity index (χ2n) is 7.79. The Bertz CT molecular complexity index is 974. The number of rotatable bonds is 5. The highest BCUT2D eigenvalue weighted by Gasteiger charge is 2.16. The predicted octanol–water partition coefficient (Wildman–Crippen LogP) is 5.45. The van der Waals surface area contributed by atoms with Crippen LogP contribution in [0.3, 0.4) is 0 Å². The topological polar surface area (TPSA) is 43.4 Å². The monoisotopic (exact) mass is 372 g/mol. The molecule has 3 rings (SSSR count). The lowest BCUT2D eigenvalue weighted by atomic mass is 9.86.